The fraction of sp³-hybridized carbons (Fsp3) is 0.417. The van der Waals surface area contributed by atoms with Crippen LogP contribution in [0.25, 0.3) is 0 Å². The smallest absolute Gasteiger partial charge is 0.253 e. The van der Waals surface area contributed by atoms with Crippen molar-refractivity contribution in [3.63, 3.8) is 0 Å². The summed E-state index contributed by atoms with van der Waals surface area (Å²) in [6.07, 6.45) is 3.18. The van der Waals surface area contributed by atoms with E-state index >= 15 is 0 Å². The largest absolute Gasteiger partial charge is 0.491 e. The van der Waals surface area contributed by atoms with Gasteiger partial charge in [-0.05, 0) is 55.7 Å². The maximum atomic E-state index is 13.0. The van der Waals surface area contributed by atoms with E-state index in [1.165, 1.54) is 0 Å². The molecule has 1 amide bonds. The minimum absolute atomic E-state index is 0.0381. The van der Waals surface area contributed by atoms with E-state index in [0.717, 1.165) is 43.9 Å². The van der Waals surface area contributed by atoms with Crippen LogP contribution in [0, 0.1) is 11.3 Å². The number of ether oxygens (including phenoxy) is 2. The summed E-state index contributed by atoms with van der Waals surface area (Å²) < 4.78 is 11.4. The molecule has 2 aliphatic heterocycles. The second-order valence-electron chi connectivity index (χ2n) is 7.73. The Hall–Kier alpha value is -3.04. The molecule has 0 radical (unpaired) electrons. The van der Waals surface area contributed by atoms with Crippen LogP contribution in [-0.2, 0) is 4.74 Å². The first-order valence-corrected chi connectivity index (χ1v) is 10.6. The maximum Gasteiger partial charge on any atom is 0.253 e. The summed E-state index contributed by atoms with van der Waals surface area (Å²) in [5, 5.41) is 9.37. The highest BCUT2D eigenvalue weighted by atomic mass is 16.5. The number of hydrogen-bond donors (Lipinski definition) is 0. The van der Waals surface area contributed by atoms with Crippen LogP contribution < -0.4 is 9.64 Å². The Morgan fingerprint density at radius 2 is 1.90 bits per heavy atom. The molecule has 0 unspecified atom stereocenters. The van der Waals surface area contributed by atoms with Gasteiger partial charge < -0.3 is 19.3 Å². The van der Waals surface area contributed by atoms with Gasteiger partial charge in [-0.3, -0.25) is 4.79 Å². The fourth-order valence-electron chi connectivity index (χ4n) is 4.05. The molecule has 2 heterocycles. The summed E-state index contributed by atoms with van der Waals surface area (Å²) in [6.45, 7) is 4.26. The van der Waals surface area contributed by atoms with E-state index in [1.807, 2.05) is 53.4 Å². The van der Waals surface area contributed by atoms with Crippen LogP contribution in [0.15, 0.2) is 48.5 Å². The van der Waals surface area contributed by atoms with Crippen LogP contribution in [0.4, 0.5) is 5.69 Å². The Bertz CT molecular complexity index is 901. The molecule has 0 saturated carbocycles. The number of rotatable bonds is 5. The van der Waals surface area contributed by atoms with Gasteiger partial charge in [0.25, 0.3) is 5.91 Å². The molecule has 2 fully saturated rings. The molecule has 2 aromatic rings. The van der Waals surface area contributed by atoms with E-state index in [2.05, 4.69) is 11.0 Å². The minimum Gasteiger partial charge on any atom is -0.491 e. The molecule has 4 rings (SSSR count). The standard InChI is InChI=1S/C24H27N3O3/c25-17-20-5-1-2-7-23(20)26-12-4-13-27(15-14-26)24(28)19-8-10-21(11-9-19)30-18-22-6-3-16-29-22/h1-2,5,7-11,22H,3-4,6,12-16,18H2/t22-/m1/s1. The van der Waals surface area contributed by atoms with Gasteiger partial charge in [-0.1, -0.05) is 12.1 Å². The second kappa shape index (κ2) is 9.64. The Morgan fingerprint density at radius 1 is 1.07 bits per heavy atom. The summed E-state index contributed by atoms with van der Waals surface area (Å²) >= 11 is 0. The number of nitriles is 1. The van der Waals surface area contributed by atoms with Crippen LogP contribution in [0.2, 0.25) is 0 Å². The Morgan fingerprint density at radius 3 is 2.67 bits per heavy atom. The number of carbonyl (C=O) groups excluding carboxylic acids is 1. The third-order valence-electron chi connectivity index (χ3n) is 5.71. The van der Waals surface area contributed by atoms with Crippen molar-refractivity contribution in [2.75, 3.05) is 44.3 Å². The first-order chi connectivity index (χ1) is 14.7. The van der Waals surface area contributed by atoms with Crippen LogP contribution in [0.1, 0.15) is 35.2 Å². The molecule has 30 heavy (non-hydrogen) atoms. The summed E-state index contributed by atoms with van der Waals surface area (Å²) in [6, 6.07) is 17.3. The number of para-hydroxylation sites is 1. The molecular weight excluding hydrogens is 378 g/mol. The molecule has 1 atom stereocenters. The molecule has 0 N–H and O–H groups in total. The van der Waals surface area contributed by atoms with Gasteiger partial charge in [-0.25, -0.2) is 0 Å². The highest BCUT2D eigenvalue weighted by Crippen LogP contribution is 2.22. The average molecular weight is 405 g/mol. The molecule has 6 heteroatoms. The summed E-state index contributed by atoms with van der Waals surface area (Å²) in [5.41, 5.74) is 2.29. The van der Waals surface area contributed by atoms with Gasteiger partial charge in [0, 0.05) is 38.3 Å². The minimum atomic E-state index is 0.0381. The van der Waals surface area contributed by atoms with Gasteiger partial charge in [0.15, 0.2) is 0 Å². The number of carbonyl (C=O) groups is 1. The molecule has 0 bridgehead atoms. The first-order valence-electron chi connectivity index (χ1n) is 10.6. The molecule has 6 nitrogen and oxygen atoms in total. The monoisotopic (exact) mass is 405 g/mol. The summed E-state index contributed by atoms with van der Waals surface area (Å²) in [4.78, 5) is 17.1. The fourth-order valence-corrected chi connectivity index (χ4v) is 4.05. The van der Waals surface area contributed by atoms with Gasteiger partial charge in [-0.2, -0.15) is 5.26 Å². The Labute approximate surface area is 177 Å². The lowest BCUT2D eigenvalue weighted by atomic mass is 10.1. The van der Waals surface area contributed by atoms with Crippen molar-refractivity contribution in [1.82, 2.24) is 4.90 Å². The number of hydrogen-bond acceptors (Lipinski definition) is 5. The molecule has 0 aliphatic carbocycles. The lowest BCUT2D eigenvalue weighted by molar-refractivity contribution is 0.0678. The Balaban J connectivity index is 1.35. The van der Waals surface area contributed by atoms with E-state index in [0.29, 0.717) is 37.4 Å². The van der Waals surface area contributed by atoms with Crippen molar-refractivity contribution in [2.24, 2.45) is 0 Å². The van der Waals surface area contributed by atoms with Crippen molar-refractivity contribution in [1.29, 1.82) is 5.26 Å². The van der Waals surface area contributed by atoms with E-state index < -0.39 is 0 Å². The third-order valence-corrected chi connectivity index (χ3v) is 5.71. The van der Waals surface area contributed by atoms with Gasteiger partial charge in [0.05, 0.1) is 17.4 Å². The SMILES string of the molecule is N#Cc1ccccc1N1CCCN(C(=O)c2ccc(OC[C@H]3CCCO3)cc2)CC1. The predicted octanol–water partition coefficient (Wildman–Crippen LogP) is 3.47. The zero-order chi connectivity index (χ0) is 20.8. The third kappa shape index (κ3) is 4.74. The maximum absolute atomic E-state index is 13.0. The van der Waals surface area contributed by atoms with Gasteiger partial charge in [-0.15, -0.1) is 0 Å². The van der Waals surface area contributed by atoms with E-state index in [9.17, 15) is 10.1 Å². The summed E-state index contributed by atoms with van der Waals surface area (Å²) in [7, 11) is 0. The highest BCUT2D eigenvalue weighted by molar-refractivity contribution is 5.94. The number of nitrogens with zero attached hydrogens (tertiary/aromatic N) is 3. The zero-order valence-electron chi connectivity index (χ0n) is 17.1. The first kappa shape index (κ1) is 20.2. The van der Waals surface area contributed by atoms with E-state index in [-0.39, 0.29) is 12.0 Å². The molecular formula is C24H27N3O3. The van der Waals surface area contributed by atoms with E-state index in [1.54, 1.807) is 0 Å². The highest BCUT2D eigenvalue weighted by Gasteiger charge is 2.22. The van der Waals surface area contributed by atoms with Crippen LogP contribution >= 0.6 is 0 Å². The van der Waals surface area contributed by atoms with Crippen LogP contribution in [0.3, 0.4) is 0 Å². The van der Waals surface area contributed by atoms with Gasteiger partial charge in [0.2, 0.25) is 0 Å². The molecule has 2 saturated heterocycles. The van der Waals surface area contributed by atoms with Crippen molar-refractivity contribution in [2.45, 2.75) is 25.4 Å². The van der Waals surface area contributed by atoms with E-state index in [4.69, 9.17) is 9.47 Å². The van der Waals surface area contributed by atoms with Gasteiger partial charge >= 0.3 is 0 Å². The zero-order valence-corrected chi connectivity index (χ0v) is 17.1. The van der Waals surface area contributed by atoms with Crippen LogP contribution in [0.5, 0.6) is 5.75 Å². The number of amides is 1. The van der Waals surface area contributed by atoms with Gasteiger partial charge in [0.1, 0.15) is 18.4 Å². The lowest BCUT2D eigenvalue weighted by Crippen LogP contribution is -2.35. The van der Waals surface area contributed by atoms with Crippen molar-refractivity contribution in [3.05, 3.63) is 59.7 Å². The lowest BCUT2D eigenvalue weighted by Gasteiger charge is -2.24. The van der Waals surface area contributed by atoms with Crippen LogP contribution in [-0.4, -0.2) is 56.3 Å². The summed E-state index contributed by atoms with van der Waals surface area (Å²) in [5.74, 6) is 0.799. The number of anilines is 1. The molecule has 0 spiro atoms. The number of benzene rings is 2. The van der Waals surface area contributed by atoms with Crippen molar-refractivity contribution < 1.29 is 14.3 Å². The molecule has 0 aromatic heterocycles. The molecule has 2 aromatic carbocycles. The quantitative estimate of drug-likeness (QED) is 0.762. The van der Waals surface area contributed by atoms with Crippen molar-refractivity contribution >= 4 is 11.6 Å². The molecule has 156 valence electrons. The topological polar surface area (TPSA) is 65.8 Å². The second-order valence-corrected chi connectivity index (χ2v) is 7.73. The molecule has 2 aliphatic rings. The predicted molar refractivity (Wildman–Crippen MR) is 115 cm³/mol. The average Bonchev–Trinajstić information content (AvgIpc) is 3.20. The van der Waals surface area contributed by atoms with Crippen molar-refractivity contribution in [3.8, 4) is 11.8 Å². The Kier molecular flexibility index (Phi) is 6.50. The normalized spacial score (nSPS) is 19.2.